The quantitative estimate of drug-likeness (QED) is 0.779. The monoisotopic (exact) mass is 190 g/mol. The number of aryl methyl sites for hydroxylation is 2. The van der Waals surface area contributed by atoms with Gasteiger partial charge in [-0.15, -0.1) is 0 Å². The van der Waals surface area contributed by atoms with Gasteiger partial charge in [0.1, 0.15) is 0 Å². The summed E-state index contributed by atoms with van der Waals surface area (Å²) in [5.74, 6) is 0.518. The lowest BCUT2D eigenvalue weighted by atomic mass is 10.2. The van der Waals surface area contributed by atoms with Crippen LogP contribution in [0, 0.1) is 0 Å². The zero-order valence-corrected chi connectivity index (χ0v) is 8.49. The summed E-state index contributed by atoms with van der Waals surface area (Å²) >= 11 is 0. The second kappa shape index (κ2) is 3.29. The van der Waals surface area contributed by atoms with Gasteiger partial charge in [0.05, 0.1) is 5.69 Å². The van der Waals surface area contributed by atoms with E-state index in [-0.39, 0.29) is 0 Å². The van der Waals surface area contributed by atoms with E-state index in [9.17, 15) is 0 Å². The van der Waals surface area contributed by atoms with Crippen molar-refractivity contribution in [1.82, 2.24) is 14.4 Å². The molecule has 0 unspecified atom stereocenters. The summed E-state index contributed by atoms with van der Waals surface area (Å²) in [6, 6.07) is 0. The molecular formula is C10H14N4. The van der Waals surface area contributed by atoms with E-state index in [4.69, 9.17) is 5.73 Å². The van der Waals surface area contributed by atoms with Gasteiger partial charge in [0, 0.05) is 18.1 Å². The van der Waals surface area contributed by atoms with Crippen molar-refractivity contribution in [2.75, 3.05) is 5.73 Å². The molecule has 14 heavy (non-hydrogen) atoms. The van der Waals surface area contributed by atoms with Crippen molar-refractivity contribution in [1.29, 1.82) is 0 Å². The molecule has 0 fully saturated rings. The predicted molar refractivity (Wildman–Crippen MR) is 56.2 cm³/mol. The van der Waals surface area contributed by atoms with Gasteiger partial charge in [-0.05, 0) is 12.8 Å². The molecule has 0 atom stereocenters. The lowest BCUT2D eigenvalue weighted by Gasteiger charge is -2.09. The molecule has 2 N–H and O–H groups in total. The molecule has 4 nitrogen and oxygen atoms in total. The van der Waals surface area contributed by atoms with Gasteiger partial charge in [-0.1, -0.05) is 13.8 Å². The zero-order chi connectivity index (χ0) is 10.1. The topological polar surface area (TPSA) is 56.2 Å². The Hall–Kier alpha value is -1.58. The summed E-state index contributed by atoms with van der Waals surface area (Å²) in [5.41, 5.74) is 8.84. The normalized spacial score (nSPS) is 11.0. The minimum absolute atomic E-state index is 0.518. The molecular weight excluding hydrogens is 176 g/mol. The van der Waals surface area contributed by atoms with Crippen molar-refractivity contribution in [3.05, 3.63) is 23.8 Å². The van der Waals surface area contributed by atoms with Gasteiger partial charge in [-0.3, -0.25) is 4.40 Å². The molecule has 2 aromatic heterocycles. The zero-order valence-electron chi connectivity index (χ0n) is 8.49. The molecule has 0 aliphatic carbocycles. The average molecular weight is 190 g/mol. The summed E-state index contributed by atoms with van der Waals surface area (Å²) in [5, 5.41) is 0. The van der Waals surface area contributed by atoms with Gasteiger partial charge in [0.15, 0.2) is 11.5 Å². The van der Waals surface area contributed by atoms with Crippen LogP contribution in [0.5, 0.6) is 0 Å². The molecule has 2 aromatic rings. The number of rotatable bonds is 2. The molecule has 2 heterocycles. The van der Waals surface area contributed by atoms with E-state index in [1.54, 1.807) is 6.20 Å². The van der Waals surface area contributed by atoms with E-state index >= 15 is 0 Å². The van der Waals surface area contributed by atoms with Crippen LogP contribution < -0.4 is 5.73 Å². The maximum absolute atomic E-state index is 5.81. The first-order valence-corrected chi connectivity index (χ1v) is 4.88. The van der Waals surface area contributed by atoms with Crippen molar-refractivity contribution in [3.63, 3.8) is 0 Å². The van der Waals surface area contributed by atoms with Gasteiger partial charge in [0.2, 0.25) is 0 Å². The SMILES string of the molecule is CCc1nc(N)c2nccn2c1CC. The second-order valence-electron chi connectivity index (χ2n) is 3.22. The van der Waals surface area contributed by atoms with Gasteiger partial charge in [-0.25, -0.2) is 9.97 Å². The maximum Gasteiger partial charge on any atom is 0.180 e. The number of aromatic nitrogens is 3. The molecule has 0 radical (unpaired) electrons. The Balaban J connectivity index is 2.82. The largest absolute Gasteiger partial charge is 0.381 e. The van der Waals surface area contributed by atoms with Crippen LogP contribution >= 0.6 is 0 Å². The standard InChI is InChI=1S/C10H14N4/c1-3-7-8(4-2)14-6-5-12-10(14)9(11)13-7/h5-6H,3-4H2,1-2H3,(H2,11,13). The van der Waals surface area contributed by atoms with E-state index in [0.717, 1.165) is 24.2 Å². The van der Waals surface area contributed by atoms with Crippen LogP contribution in [0.15, 0.2) is 12.4 Å². The van der Waals surface area contributed by atoms with Gasteiger partial charge in [0.25, 0.3) is 0 Å². The van der Waals surface area contributed by atoms with Crippen molar-refractivity contribution in [3.8, 4) is 0 Å². The molecule has 0 aromatic carbocycles. The van der Waals surface area contributed by atoms with E-state index < -0.39 is 0 Å². The first-order chi connectivity index (χ1) is 6.77. The number of nitrogens with two attached hydrogens (primary N) is 1. The van der Waals surface area contributed by atoms with Crippen molar-refractivity contribution >= 4 is 11.5 Å². The molecule has 0 spiro atoms. The third-order valence-corrected chi connectivity index (χ3v) is 2.42. The number of imidazole rings is 1. The number of nitrogen functional groups attached to an aromatic ring is 1. The Bertz CT molecular complexity index is 458. The highest BCUT2D eigenvalue weighted by atomic mass is 15.1. The summed E-state index contributed by atoms with van der Waals surface area (Å²) in [7, 11) is 0. The van der Waals surface area contributed by atoms with Crippen molar-refractivity contribution < 1.29 is 0 Å². The third-order valence-electron chi connectivity index (χ3n) is 2.42. The molecule has 0 saturated heterocycles. The van der Waals surface area contributed by atoms with Crippen molar-refractivity contribution in [2.45, 2.75) is 26.7 Å². The molecule has 0 amide bonds. The Morgan fingerprint density at radius 2 is 2.14 bits per heavy atom. The van der Waals surface area contributed by atoms with Crippen LogP contribution in [0.1, 0.15) is 25.2 Å². The summed E-state index contributed by atoms with van der Waals surface area (Å²) in [6.07, 6.45) is 5.54. The van der Waals surface area contributed by atoms with E-state index in [0.29, 0.717) is 5.82 Å². The smallest absolute Gasteiger partial charge is 0.180 e. The summed E-state index contributed by atoms with van der Waals surface area (Å²) in [4.78, 5) is 8.53. The van der Waals surface area contributed by atoms with Gasteiger partial charge in [-0.2, -0.15) is 0 Å². The molecule has 74 valence electrons. The number of anilines is 1. The van der Waals surface area contributed by atoms with Crippen LogP contribution in [-0.4, -0.2) is 14.4 Å². The summed E-state index contributed by atoms with van der Waals surface area (Å²) < 4.78 is 2.03. The van der Waals surface area contributed by atoms with Crippen molar-refractivity contribution in [2.24, 2.45) is 0 Å². The van der Waals surface area contributed by atoms with E-state index in [1.165, 1.54) is 5.69 Å². The molecule has 0 aliphatic heterocycles. The maximum atomic E-state index is 5.81. The average Bonchev–Trinajstić information content (AvgIpc) is 2.66. The molecule has 0 aliphatic rings. The molecule has 0 saturated carbocycles. The summed E-state index contributed by atoms with van der Waals surface area (Å²) in [6.45, 7) is 4.20. The Kier molecular flexibility index (Phi) is 2.11. The fourth-order valence-electron chi connectivity index (χ4n) is 1.77. The van der Waals surface area contributed by atoms with Crippen LogP contribution in [0.4, 0.5) is 5.82 Å². The Labute approximate surface area is 82.8 Å². The first kappa shape index (κ1) is 8.99. The molecule has 4 heteroatoms. The number of hydrogen-bond donors (Lipinski definition) is 1. The van der Waals surface area contributed by atoms with Crippen LogP contribution in [0.2, 0.25) is 0 Å². The third kappa shape index (κ3) is 1.14. The highest BCUT2D eigenvalue weighted by Crippen LogP contribution is 2.16. The minimum atomic E-state index is 0.518. The van der Waals surface area contributed by atoms with Gasteiger partial charge < -0.3 is 5.73 Å². The predicted octanol–water partition coefficient (Wildman–Crippen LogP) is 1.44. The number of hydrogen-bond acceptors (Lipinski definition) is 3. The number of fused-ring (bicyclic) bond motifs is 1. The fourth-order valence-corrected chi connectivity index (χ4v) is 1.77. The Morgan fingerprint density at radius 3 is 2.79 bits per heavy atom. The molecule has 0 bridgehead atoms. The first-order valence-electron chi connectivity index (χ1n) is 4.88. The van der Waals surface area contributed by atoms with Gasteiger partial charge >= 0.3 is 0 Å². The number of nitrogens with zero attached hydrogens (tertiary/aromatic N) is 3. The second-order valence-corrected chi connectivity index (χ2v) is 3.22. The van der Waals surface area contributed by atoms with Crippen LogP contribution in [-0.2, 0) is 12.8 Å². The van der Waals surface area contributed by atoms with Crippen LogP contribution in [0.25, 0.3) is 5.65 Å². The highest BCUT2D eigenvalue weighted by Gasteiger charge is 2.09. The lowest BCUT2D eigenvalue weighted by Crippen LogP contribution is -2.07. The lowest BCUT2D eigenvalue weighted by molar-refractivity contribution is 0.881. The van der Waals surface area contributed by atoms with Crippen LogP contribution in [0.3, 0.4) is 0 Å². The molecule has 2 rings (SSSR count). The van der Waals surface area contributed by atoms with E-state index in [1.807, 2.05) is 10.6 Å². The highest BCUT2D eigenvalue weighted by molar-refractivity contribution is 5.60. The Morgan fingerprint density at radius 1 is 1.36 bits per heavy atom. The minimum Gasteiger partial charge on any atom is -0.381 e. The fraction of sp³-hybridized carbons (Fsp3) is 0.400. The van der Waals surface area contributed by atoms with E-state index in [2.05, 4.69) is 23.8 Å².